The zero-order valence-electron chi connectivity index (χ0n) is 14.6. The fourth-order valence-corrected chi connectivity index (χ4v) is 2.30. The van der Waals surface area contributed by atoms with Crippen molar-refractivity contribution in [3.63, 3.8) is 0 Å². The van der Waals surface area contributed by atoms with Crippen LogP contribution in [0.3, 0.4) is 0 Å². The summed E-state index contributed by atoms with van der Waals surface area (Å²) in [5.41, 5.74) is 0.0893. The third-order valence-corrected chi connectivity index (χ3v) is 3.67. The van der Waals surface area contributed by atoms with Gasteiger partial charge < -0.3 is 9.47 Å². The van der Waals surface area contributed by atoms with Crippen molar-refractivity contribution >= 4 is 5.97 Å². The number of carbonyl (C=O) groups excluding carboxylic acids is 1. The maximum Gasteiger partial charge on any atom is 0.426 e. The number of esters is 1. The van der Waals surface area contributed by atoms with Crippen LogP contribution in [0.1, 0.15) is 24.0 Å². The van der Waals surface area contributed by atoms with E-state index in [0.717, 1.165) is 18.2 Å². The molecule has 0 saturated carbocycles. The van der Waals surface area contributed by atoms with Crippen LogP contribution in [0.25, 0.3) is 0 Å². The summed E-state index contributed by atoms with van der Waals surface area (Å²) < 4.78 is 74.5. The van der Waals surface area contributed by atoms with Crippen molar-refractivity contribution in [1.29, 1.82) is 0 Å². The minimum absolute atomic E-state index is 0.113. The highest BCUT2D eigenvalue weighted by Gasteiger charge is 2.34. The van der Waals surface area contributed by atoms with E-state index in [1.54, 1.807) is 0 Å². The number of alkyl halides is 5. The van der Waals surface area contributed by atoms with E-state index in [-0.39, 0.29) is 24.3 Å². The average molecular weight is 400 g/mol. The second-order valence-electron chi connectivity index (χ2n) is 5.88. The maximum absolute atomic E-state index is 14.3. The van der Waals surface area contributed by atoms with Crippen molar-refractivity contribution < 1.29 is 36.2 Å². The van der Waals surface area contributed by atoms with E-state index in [1.807, 2.05) is 0 Å². The Kier molecular flexibility index (Phi) is 6.77. The van der Waals surface area contributed by atoms with Crippen LogP contribution in [0.4, 0.5) is 22.0 Å². The van der Waals surface area contributed by atoms with Crippen LogP contribution in [-0.2, 0) is 17.3 Å². The van der Waals surface area contributed by atoms with Crippen molar-refractivity contribution in [2.45, 2.75) is 31.5 Å². The third-order valence-electron chi connectivity index (χ3n) is 3.67. The summed E-state index contributed by atoms with van der Waals surface area (Å²) in [6, 6.07) is 9.93. The van der Waals surface area contributed by atoms with Crippen LogP contribution >= 0.6 is 0 Å². The Bertz CT molecular complexity index is 796. The molecular formula is C20H17F5O3. The fraction of sp³-hybridized carbons (Fsp3) is 0.250. The first-order valence-electron chi connectivity index (χ1n) is 8.26. The van der Waals surface area contributed by atoms with Gasteiger partial charge in [0.05, 0.1) is 5.56 Å². The van der Waals surface area contributed by atoms with Gasteiger partial charge in [0.15, 0.2) is 0 Å². The lowest BCUT2D eigenvalue weighted by Gasteiger charge is -2.18. The summed E-state index contributed by atoms with van der Waals surface area (Å²) in [5, 5.41) is 0. The van der Waals surface area contributed by atoms with E-state index in [9.17, 15) is 26.7 Å². The number of aryl methyl sites for hydroxylation is 1. The molecule has 28 heavy (non-hydrogen) atoms. The van der Waals surface area contributed by atoms with E-state index in [1.165, 1.54) is 36.4 Å². The fourth-order valence-electron chi connectivity index (χ4n) is 2.30. The van der Waals surface area contributed by atoms with Gasteiger partial charge in [-0.2, -0.15) is 22.0 Å². The smallest absolute Gasteiger partial charge is 0.426 e. The Hall–Kier alpha value is -2.90. The molecule has 2 rings (SSSR count). The standard InChI is InChI=1S/C20H17F5O3/c1-2-18(26)27-16-9-11-17(12-10-16)28-20(24,25)15-7-5-14(6-8-15)4-3-13-19(21,22)23/h2,5-12H,1,3-4,13H2. The first kappa shape index (κ1) is 21.4. The molecule has 2 aromatic rings. The Morgan fingerprint density at radius 3 is 2.04 bits per heavy atom. The number of carbonyl (C=O) groups is 1. The summed E-state index contributed by atoms with van der Waals surface area (Å²) in [4.78, 5) is 11.1. The quantitative estimate of drug-likeness (QED) is 0.243. The Morgan fingerprint density at radius 2 is 1.50 bits per heavy atom. The first-order chi connectivity index (χ1) is 13.1. The molecule has 2 aromatic carbocycles. The summed E-state index contributed by atoms with van der Waals surface area (Å²) >= 11 is 0. The van der Waals surface area contributed by atoms with Crippen molar-refractivity contribution in [1.82, 2.24) is 0 Å². The first-order valence-corrected chi connectivity index (χ1v) is 8.26. The molecule has 0 spiro atoms. The van der Waals surface area contributed by atoms with E-state index in [0.29, 0.717) is 5.56 Å². The van der Waals surface area contributed by atoms with Crippen molar-refractivity contribution in [3.05, 3.63) is 72.3 Å². The lowest BCUT2D eigenvalue weighted by molar-refractivity contribution is -0.185. The summed E-state index contributed by atoms with van der Waals surface area (Å²) in [6.07, 6.45) is -7.82. The highest BCUT2D eigenvalue weighted by atomic mass is 19.4. The maximum atomic E-state index is 14.3. The zero-order chi connectivity index (χ0) is 20.8. The molecular weight excluding hydrogens is 383 g/mol. The van der Waals surface area contributed by atoms with Crippen molar-refractivity contribution in [2.24, 2.45) is 0 Å². The number of hydrogen-bond donors (Lipinski definition) is 0. The van der Waals surface area contributed by atoms with Crippen LogP contribution in [0.5, 0.6) is 11.5 Å². The number of ether oxygens (including phenoxy) is 2. The van der Waals surface area contributed by atoms with Gasteiger partial charge in [-0.25, -0.2) is 4.79 Å². The van der Waals surface area contributed by atoms with Gasteiger partial charge in [0.1, 0.15) is 11.5 Å². The topological polar surface area (TPSA) is 35.5 Å². The van der Waals surface area contributed by atoms with Gasteiger partial charge in [0.2, 0.25) is 0 Å². The SMILES string of the molecule is C=CC(=O)Oc1ccc(OC(F)(F)c2ccc(CCCC(F)(F)F)cc2)cc1. The van der Waals surface area contributed by atoms with Gasteiger partial charge in [-0.05, 0) is 54.8 Å². The molecule has 0 atom stereocenters. The van der Waals surface area contributed by atoms with E-state index in [2.05, 4.69) is 6.58 Å². The average Bonchev–Trinajstić information content (AvgIpc) is 2.62. The zero-order valence-corrected chi connectivity index (χ0v) is 14.6. The highest BCUT2D eigenvalue weighted by Crippen LogP contribution is 2.32. The normalized spacial score (nSPS) is 11.8. The Morgan fingerprint density at radius 1 is 0.929 bits per heavy atom. The van der Waals surface area contributed by atoms with Crippen LogP contribution in [0.15, 0.2) is 61.2 Å². The highest BCUT2D eigenvalue weighted by molar-refractivity contribution is 5.83. The van der Waals surface area contributed by atoms with Crippen LogP contribution in [-0.4, -0.2) is 12.1 Å². The van der Waals surface area contributed by atoms with Crippen molar-refractivity contribution in [2.75, 3.05) is 0 Å². The van der Waals surface area contributed by atoms with Crippen LogP contribution in [0, 0.1) is 0 Å². The lowest BCUT2D eigenvalue weighted by Crippen LogP contribution is -2.21. The molecule has 0 amide bonds. The minimum atomic E-state index is -4.24. The molecule has 0 heterocycles. The molecule has 0 unspecified atom stereocenters. The molecule has 0 fully saturated rings. The van der Waals surface area contributed by atoms with Gasteiger partial charge in [0.25, 0.3) is 0 Å². The molecule has 150 valence electrons. The summed E-state index contributed by atoms with van der Waals surface area (Å²) in [6.45, 7) is 3.24. The largest absolute Gasteiger partial charge is 0.429 e. The van der Waals surface area contributed by atoms with Gasteiger partial charge in [-0.3, -0.25) is 0 Å². The molecule has 0 aromatic heterocycles. The molecule has 0 saturated heterocycles. The summed E-state index contributed by atoms with van der Waals surface area (Å²) in [7, 11) is 0. The molecule has 0 aliphatic carbocycles. The number of benzene rings is 2. The Balaban J connectivity index is 1.98. The van der Waals surface area contributed by atoms with Gasteiger partial charge >= 0.3 is 18.3 Å². The molecule has 0 bridgehead atoms. The predicted octanol–water partition coefficient (Wildman–Crippen LogP) is 5.79. The molecule has 8 heteroatoms. The molecule has 0 N–H and O–H groups in total. The number of hydrogen-bond acceptors (Lipinski definition) is 3. The van der Waals surface area contributed by atoms with Gasteiger partial charge in [-0.1, -0.05) is 18.7 Å². The second-order valence-corrected chi connectivity index (χ2v) is 5.88. The predicted molar refractivity (Wildman–Crippen MR) is 92.2 cm³/mol. The molecule has 3 nitrogen and oxygen atoms in total. The summed E-state index contributed by atoms with van der Waals surface area (Å²) in [5.74, 6) is -0.698. The monoisotopic (exact) mass is 400 g/mol. The van der Waals surface area contributed by atoms with Crippen LogP contribution < -0.4 is 9.47 Å². The van der Waals surface area contributed by atoms with Crippen LogP contribution in [0.2, 0.25) is 0 Å². The molecule has 0 aliphatic heterocycles. The van der Waals surface area contributed by atoms with Gasteiger partial charge in [0, 0.05) is 12.5 Å². The van der Waals surface area contributed by atoms with E-state index in [4.69, 9.17) is 9.47 Å². The minimum Gasteiger partial charge on any atom is -0.429 e. The second kappa shape index (κ2) is 8.86. The Labute approximate surface area is 158 Å². The van der Waals surface area contributed by atoms with E-state index < -0.39 is 30.2 Å². The molecule has 0 aliphatic rings. The third kappa shape index (κ3) is 6.68. The number of halogens is 5. The van der Waals surface area contributed by atoms with Gasteiger partial charge in [-0.15, -0.1) is 0 Å². The lowest BCUT2D eigenvalue weighted by atomic mass is 10.1. The molecule has 0 radical (unpaired) electrons. The van der Waals surface area contributed by atoms with E-state index >= 15 is 0 Å². The number of rotatable bonds is 8. The van der Waals surface area contributed by atoms with Crippen molar-refractivity contribution in [3.8, 4) is 11.5 Å².